The van der Waals surface area contributed by atoms with Crippen LogP contribution in [0.1, 0.15) is 124 Å². The third-order valence-corrected chi connectivity index (χ3v) is 6.96. The minimum Gasteiger partial charge on any atom is -0.494 e. The first-order chi connectivity index (χ1) is 13.3. The van der Waals surface area contributed by atoms with Crippen LogP contribution in [0.25, 0.3) is 0 Å². The van der Waals surface area contributed by atoms with E-state index in [-0.39, 0.29) is 11.8 Å². The Morgan fingerprint density at radius 1 is 0.704 bits per heavy atom. The summed E-state index contributed by atoms with van der Waals surface area (Å²) in [6, 6.07) is 0. The van der Waals surface area contributed by atoms with E-state index in [0.717, 1.165) is 42.7 Å². The van der Waals surface area contributed by atoms with Gasteiger partial charge in [-0.15, -0.1) is 0 Å². The third-order valence-electron chi connectivity index (χ3n) is 6.96. The van der Waals surface area contributed by atoms with Crippen LogP contribution in [0.2, 0.25) is 0 Å². The predicted octanol–water partition coefficient (Wildman–Crippen LogP) is 6.24. The third kappa shape index (κ3) is 4.00. The van der Waals surface area contributed by atoms with Crippen molar-refractivity contribution in [2.45, 2.75) is 102 Å². The standard InChI is InChI=1S/C23H34N2O2/c26-22-18-19(21(25-22)17-14-10-6-3-7-11-15-17)23(27)24-20(18)16-12-8-4-1-2-5-9-13-16/h16-17,24,27H,1-15H2. The molecule has 4 heteroatoms. The molecule has 2 aliphatic carbocycles. The van der Waals surface area contributed by atoms with Crippen molar-refractivity contribution in [3.8, 4) is 5.88 Å². The van der Waals surface area contributed by atoms with Crippen molar-refractivity contribution in [3.05, 3.63) is 16.8 Å². The van der Waals surface area contributed by atoms with Gasteiger partial charge in [-0.3, -0.25) is 4.79 Å². The maximum absolute atomic E-state index is 12.9. The molecule has 1 aliphatic heterocycles. The Kier molecular flexibility index (Phi) is 5.99. The Balaban J connectivity index is 1.61. The summed E-state index contributed by atoms with van der Waals surface area (Å²) in [6.45, 7) is 0. The molecule has 1 aromatic heterocycles. The van der Waals surface area contributed by atoms with E-state index in [4.69, 9.17) is 0 Å². The Labute approximate surface area is 162 Å². The molecule has 2 fully saturated rings. The van der Waals surface area contributed by atoms with Crippen molar-refractivity contribution in [1.82, 2.24) is 4.98 Å². The van der Waals surface area contributed by atoms with E-state index in [1.807, 2.05) is 0 Å². The van der Waals surface area contributed by atoms with Gasteiger partial charge in [-0.05, 0) is 31.6 Å². The molecule has 1 amide bonds. The fourth-order valence-corrected chi connectivity index (χ4v) is 5.45. The summed E-state index contributed by atoms with van der Waals surface area (Å²) in [4.78, 5) is 20.6. The lowest BCUT2D eigenvalue weighted by molar-refractivity contribution is 0.100. The summed E-state index contributed by atoms with van der Waals surface area (Å²) < 4.78 is 0. The van der Waals surface area contributed by atoms with Crippen LogP contribution < -0.4 is 0 Å². The zero-order chi connectivity index (χ0) is 18.6. The molecular formula is C23H34N2O2. The summed E-state index contributed by atoms with van der Waals surface area (Å²) in [5.41, 5.74) is 3.30. The fourth-order valence-electron chi connectivity index (χ4n) is 5.45. The van der Waals surface area contributed by atoms with Crippen molar-refractivity contribution in [2.75, 3.05) is 0 Å². The molecule has 2 saturated carbocycles. The van der Waals surface area contributed by atoms with Crippen molar-refractivity contribution in [3.63, 3.8) is 0 Å². The Hall–Kier alpha value is -1.58. The van der Waals surface area contributed by atoms with E-state index in [1.54, 1.807) is 0 Å². The topological polar surface area (TPSA) is 65.4 Å². The molecule has 0 spiro atoms. The summed E-state index contributed by atoms with van der Waals surface area (Å²) in [6.07, 6.45) is 18.3. The second-order valence-corrected chi connectivity index (χ2v) is 8.88. The molecular weight excluding hydrogens is 336 g/mol. The zero-order valence-electron chi connectivity index (χ0n) is 16.6. The number of amides is 1. The van der Waals surface area contributed by atoms with Crippen molar-refractivity contribution in [1.29, 1.82) is 0 Å². The van der Waals surface area contributed by atoms with Crippen LogP contribution in [0.4, 0.5) is 0 Å². The first-order valence-corrected chi connectivity index (χ1v) is 11.3. The minimum atomic E-state index is -0.117. The monoisotopic (exact) mass is 370 g/mol. The van der Waals surface area contributed by atoms with Gasteiger partial charge in [0.1, 0.15) is 0 Å². The normalized spacial score (nSPS) is 23.7. The highest BCUT2D eigenvalue weighted by Gasteiger charge is 2.37. The van der Waals surface area contributed by atoms with E-state index in [9.17, 15) is 9.90 Å². The lowest BCUT2D eigenvalue weighted by Gasteiger charge is -2.19. The first kappa shape index (κ1) is 18.8. The number of carbonyl (C=O) groups excluding carboxylic acids is 1. The molecule has 3 aliphatic rings. The van der Waals surface area contributed by atoms with Gasteiger partial charge in [0.2, 0.25) is 0 Å². The van der Waals surface area contributed by atoms with E-state index >= 15 is 0 Å². The van der Waals surface area contributed by atoms with Crippen LogP contribution >= 0.6 is 0 Å². The molecule has 148 valence electrons. The maximum Gasteiger partial charge on any atom is 0.279 e. The number of rotatable bonds is 2. The van der Waals surface area contributed by atoms with Gasteiger partial charge in [0, 0.05) is 11.6 Å². The maximum atomic E-state index is 12.9. The van der Waals surface area contributed by atoms with Crippen molar-refractivity contribution in [2.24, 2.45) is 10.9 Å². The second kappa shape index (κ2) is 8.62. The molecule has 27 heavy (non-hydrogen) atoms. The number of nitrogens with one attached hydrogen (secondary N) is 1. The molecule has 0 atom stereocenters. The van der Waals surface area contributed by atoms with Crippen molar-refractivity contribution < 1.29 is 9.90 Å². The van der Waals surface area contributed by atoms with Gasteiger partial charge in [0.05, 0.1) is 16.8 Å². The molecule has 0 unspecified atom stereocenters. The summed E-state index contributed by atoms with van der Waals surface area (Å²) in [7, 11) is 0. The number of aromatic amines is 1. The molecule has 1 aromatic rings. The van der Waals surface area contributed by atoms with Crippen LogP contribution in [0, 0.1) is 5.92 Å². The number of hydrogen-bond acceptors (Lipinski definition) is 2. The summed E-state index contributed by atoms with van der Waals surface area (Å²) in [5, 5.41) is 10.7. The second-order valence-electron chi connectivity index (χ2n) is 8.88. The van der Waals surface area contributed by atoms with Gasteiger partial charge in [-0.1, -0.05) is 70.6 Å². The van der Waals surface area contributed by atoms with Crippen LogP contribution in [-0.2, 0) is 0 Å². The van der Waals surface area contributed by atoms with Crippen LogP contribution in [0.15, 0.2) is 4.99 Å². The zero-order valence-corrected chi connectivity index (χ0v) is 16.6. The lowest BCUT2D eigenvalue weighted by atomic mass is 9.84. The van der Waals surface area contributed by atoms with Crippen LogP contribution in [0.5, 0.6) is 5.88 Å². The predicted molar refractivity (Wildman–Crippen MR) is 109 cm³/mol. The van der Waals surface area contributed by atoms with E-state index in [0.29, 0.717) is 17.4 Å². The van der Waals surface area contributed by atoms with Gasteiger partial charge >= 0.3 is 0 Å². The number of nitrogens with zero attached hydrogens (tertiary/aromatic N) is 1. The highest BCUT2D eigenvalue weighted by Crippen LogP contribution is 2.41. The average Bonchev–Trinajstić information content (AvgIpc) is 3.17. The van der Waals surface area contributed by atoms with Gasteiger partial charge in [0.25, 0.3) is 5.91 Å². The molecule has 0 radical (unpaired) electrons. The summed E-state index contributed by atoms with van der Waals surface area (Å²) >= 11 is 0. The van der Waals surface area contributed by atoms with E-state index in [1.165, 1.54) is 70.6 Å². The number of hydrogen-bond donors (Lipinski definition) is 2. The molecule has 4 rings (SSSR count). The molecule has 0 bridgehead atoms. The number of aromatic hydroxyl groups is 1. The Morgan fingerprint density at radius 2 is 1.19 bits per heavy atom. The average molecular weight is 371 g/mol. The number of H-pyrrole nitrogens is 1. The first-order valence-electron chi connectivity index (χ1n) is 11.3. The van der Waals surface area contributed by atoms with Crippen LogP contribution in [0.3, 0.4) is 0 Å². The van der Waals surface area contributed by atoms with E-state index in [2.05, 4.69) is 9.98 Å². The van der Waals surface area contributed by atoms with Gasteiger partial charge in [0.15, 0.2) is 5.88 Å². The Morgan fingerprint density at radius 3 is 1.74 bits per heavy atom. The number of fused-ring (bicyclic) bond motifs is 1. The molecule has 0 aromatic carbocycles. The molecule has 2 heterocycles. The largest absolute Gasteiger partial charge is 0.494 e. The number of aromatic nitrogens is 1. The quantitative estimate of drug-likeness (QED) is 0.647. The lowest BCUT2D eigenvalue weighted by Crippen LogP contribution is -2.15. The SMILES string of the molecule is O=C1N=C(C2CCCCCCC2)c2c(O)[nH]c(C3CCCCCCCC3)c21. The highest BCUT2D eigenvalue weighted by molar-refractivity contribution is 6.24. The fraction of sp³-hybridized carbons (Fsp3) is 0.739. The van der Waals surface area contributed by atoms with Gasteiger partial charge in [-0.2, -0.15) is 0 Å². The Bertz CT molecular complexity index is 685. The molecule has 4 nitrogen and oxygen atoms in total. The van der Waals surface area contributed by atoms with Crippen molar-refractivity contribution >= 4 is 11.6 Å². The highest BCUT2D eigenvalue weighted by atomic mass is 16.3. The molecule has 0 saturated heterocycles. The van der Waals surface area contributed by atoms with Gasteiger partial charge < -0.3 is 10.1 Å². The number of carbonyl (C=O) groups is 1. The van der Waals surface area contributed by atoms with Crippen LogP contribution in [-0.4, -0.2) is 21.7 Å². The van der Waals surface area contributed by atoms with E-state index < -0.39 is 0 Å². The minimum absolute atomic E-state index is 0.117. The smallest absolute Gasteiger partial charge is 0.279 e. The summed E-state index contributed by atoms with van der Waals surface area (Å²) in [5.74, 6) is 0.749. The van der Waals surface area contributed by atoms with Gasteiger partial charge in [-0.25, -0.2) is 4.99 Å². The number of aliphatic imine (C=N–C) groups is 1. The molecule has 2 N–H and O–H groups in total.